The van der Waals surface area contributed by atoms with Gasteiger partial charge in [-0.3, -0.25) is 9.69 Å². The number of urea groups is 1. The number of carboxylic acid groups (broad SMARTS) is 1. The molecule has 6 nitrogen and oxygen atoms in total. The average molecular weight is 289 g/mol. The van der Waals surface area contributed by atoms with E-state index in [1.165, 1.54) is 0 Å². The standard InChI is InChI=1S/C12H23N3O3S/c1-2-10(11(16)17)9-14-12(18)13-3-4-15-5-7-19-8-6-15/h10H,2-9H2,1H3,(H,16,17)(H2,13,14,18). The molecule has 1 unspecified atom stereocenters. The zero-order valence-corrected chi connectivity index (χ0v) is 12.2. The lowest BCUT2D eigenvalue weighted by Gasteiger charge is -2.26. The highest BCUT2D eigenvalue weighted by Gasteiger charge is 2.15. The van der Waals surface area contributed by atoms with Gasteiger partial charge in [-0.05, 0) is 6.42 Å². The topological polar surface area (TPSA) is 81.7 Å². The van der Waals surface area contributed by atoms with Gasteiger partial charge in [0.15, 0.2) is 0 Å². The van der Waals surface area contributed by atoms with E-state index in [1.54, 1.807) is 6.92 Å². The molecule has 3 N–H and O–H groups in total. The lowest BCUT2D eigenvalue weighted by Crippen LogP contribution is -2.44. The molecule has 1 aliphatic heterocycles. The van der Waals surface area contributed by atoms with Gasteiger partial charge < -0.3 is 15.7 Å². The summed E-state index contributed by atoms with van der Waals surface area (Å²) in [5, 5.41) is 14.2. The summed E-state index contributed by atoms with van der Waals surface area (Å²) in [5.41, 5.74) is 0. The van der Waals surface area contributed by atoms with Gasteiger partial charge in [-0.1, -0.05) is 6.92 Å². The van der Waals surface area contributed by atoms with Crippen molar-refractivity contribution in [2.75, 3.05) is 44.2 Å². The predicted molar refractivity (Wildman–Crippen MR) is 76.6 cm³/mol. The first-order chi connectivity index (χ1) is 9.13. The molecule has 19 heavy (non-hydrogen) atoms. The molecule has 0 aromatic rings. The molecular weight excluding hydrogens is 266 g/mol. The molecule has 0 radical (unpaired) electrons. The molecule has 0 spiro atoms. The number of carbonyl (C=O) groups is 2. The zero-order chi connectivity index (χ0) is 14.1. The fraction of sp³-hybridized carbons (Fsp3) is 0.833. The summed E-state index contributed by atoms with van der Waals surface area (Å²) in [6.45, 7) is 5.57. The van der Waals surface area contributed by atoms with Gasteiger partial charge in [0.1, 0.15) is 0 Å². The highest BCUT2D eigenvalue weighted by Crippen LogP contribution is 2.07. The maximum atomic E-state index is 11.5. The molecule has 1 fully saturated rings. The fourth-order valence-corrected chi connectivity index (χ4v) is 2.82. The largest absolute Gasteiger partial charge is 0.481 e. The van der Waals surface area contributed by atoms with Crippen molar-refractivity contribution in [3.05, 3.63) is 0 Å². The minimum atomic E-state index is -0.867. The van der Waals surface area contributed by atoms with Crippen LogP contribution in [0.15, 0.2) is 0 Å². The third-order valence-corrected chi connectivity index (χ3v) is 4.11. The van der Waals surface area contributed by atoms with E-state index in [0.29, 0.717) is 13.0 Å². The quantitative estimate of drug-likeness (QED) is 0.634. The number of carbonyl (C=O) groups excluding carboxylic acids is 1. The molecular formula is C12H23N3O3S. The molecule has 7 heteroatoms. The molecule has 1 aliphatic rings. The van der Waals surface area contributed by atoms with Crippen molar-refractivity contribution in [3.8, 4) is 0 Å². The first kappa shape index (κ1) is 16.1. The van der Waals surface area contributed by atoms with Crippen molar-refractivity contribution in [2.24, 2.45) is 5.92 Å². The van der Waals surface area contributed by atoms with Crippen molar-refractivity contribution < 1.29 is 14.7 Å². The van der Waals surface area contributed by atoms with E-state index in [9.17, 15) is 9.59 Å². The third-order valence-electron chi connectivity index (χ3n) is 3.17. The number of rotatable bonds is 7. The van der Waals surface area contributed by atoms with Crippen molar-refractivity contribution in [1.82, 2.24) is 15.5 Å². The number of carboxylic acids is 1. The molecule has 0 saturated carbocycles. The van der Waals surface area contributed by atoms with Gasteiger partial charge in [0.25, 0.3) is 0 Å². The normalized spacial score (nSPS) is 17.7. The van der Waals surface area contributed by atoms with Crippen LogP contribution in [0.5, 0.6) is 0 Å². The Kier molecular flexibility index (Phi) is 7.66. The Morgan fingerprint density at radius 3 is 2.58 bits per heavy atom. The molecule has 1 saturated heterocycles. The van der Waals surface area contributed by atoms with Gasteiger partial charge in [0.2, 0.25) is 0 Å². The van der Waals surface area contributed by atoms with Crippen LogP contribution in [0.25, 0.3) is 0 Å². The lowest BCUT2D eigenvalue weighted by atomic mass is 10.1. The Labute approximate surface area is 118 Å². The fourth-order valence-electron chi connectivity index (χ4n) is 1.84. The summed E-state index contributed by atoms with van der Waals surface area (Å²) in [5.74, 6) is 0.935. The molecule has 1 rings (SSSR count). The Morgan fingerprint density at radius 2 is 2.00 bits per heavy atom. The molecule has 1 atom stereocenters. The van der Waals surface area contributed by atoms with E-state index in [0.717, 1.165) is 31.1 Å². The van der Waals surface area contributed by atoms with Crippen LogP contribution in [-0.4, -0.2) is 66.2 Å². The van der Waals surface area contributed by atoms with Crippen LogP contribution in [0, 0.1) is 5.92 Å². The van der Waals surface area contributed by atoms with Crippen LogP contribution in [0.1, 0.15) is 13.3 Å². The van der Waals surface area contributed by atoms with E-state index >= 15 is 0 Å². The van der Waals surface area contributed by atoms with E-state index < -0.39 is 11.9 Å². The number of hydrogen-bond acceptors (Lipinski definition) is 4. The molecule has 0 aromatic heterocycles. The molecule has 2 amide bonds. The van der Waals surface area contributed by atoms with E-state index in [1.807, 2.05) is 11.8 Å². The first-order valence-corrected chi connectivity index (χ1v) is 7.83. The van der Waals surface area contributed by atoms with Crippen LogP contribution in [0.3, 0.4) is 0 Å². The summed E-state index contributed by atoms with van der Waals surface area (Å²) in [7, 11) is 0. The van der Waals surface area contributed by atoms with Crippen molar-refractivity contribution >= 4 is 23.8 Å². The van der Waals surface area contributed by atoms with Gasteiger partial charge in [-0.15, -0.1) is 0 Å². The smallest absolute Gasteiger partial charge is 0.314 e. The van der Waals surface area contributed by atoms with E-state index in [-0.39, 0.29) is 12.6 Å². The van der Waals surface area contributed by atoms with Gasteiger partial charge in [-0.25, -0.2) is 4.79 Å². The maximum Gasteiger partial charge on any atom is 0.314 e. The number of hydrogen-bond donors (Lipinski definition) is 3. The van der Waals surface area contributed by atoms with Gasteiger partial charge >= 0.3 is 12.0 Å². The van der Waals surface area contributed by atoms with E-state index in [2.05, 4.69) is 15.5 Å². The van der Waals surface area contributed by atoms with Gasteiger partial charge in [0, 0.05) is 44.2 Å². The highest BCUT2D eigenvalue weighted by atomic mass is 32.2. The number of thioether (sulfide) groups is 1. The number of nitrogens with zero attached hydrogens (tertiary/aromatic N) is 1. The number of amides is 2. The summed E-state index contributed by atoms with van der Waals surface area (Å²) in [6.07, 6.45) is 0.515. The molecule has 110 valence electrons. The van der Waals surface area contributed by atoms with E-state index in [4.69, 9.17) is 5.11 Å². The Hall–Kier alpha value is -0.950. The summed E-state index contributed by atoms with van der Waals surface area (Å²) < 4.78 is 0. The maximum absolute atomic E-state index is 11.5. The average Bonchev–Trinajstić information content (AvgIpc) is 2.40. The Morgan fingerprint density at radius 1 is 1.32 bits per heavy atom. The summed E-state index contributed by atoms with van der Waals surface area (Å²) in [4.78, 5) is 24.6. The summed E-state index contributed by atoms with van der Waals surface area (Å²) >= 11 is 1.96. The third kappa shape index (κ3) is 6.68. The summed E-state index contributed by atoms with van der Waals surface area (Å²) in [6, 6.07) is -0.286. The second-order valence-corrected chi connectivity index (χ2v) is 5.76. The van der Waals surface area contributed by atoms with Gasteiger partial charge in [0.05, 0.1) is 5.92 Å². The molecule has 1 heterocycles. The Balaban J connectivity index is 2.08. The van der Waals surface area contributed by atoms with Crippen LogP contribution in [-0.2, 0) is 4.79 Å². The van der Waals surface area contributed by atoms with Crippen molar-refractivity contribution in [2.45, 2.75) is 13.3 Å². The van der Waals surface area contributed by atoms with Crippen LogP contribution in [0.2, 0.25) is 0 Å². The van der Waals surface area contributed by atoms with Crippen LogP contribution in [0.4, 0.5) is 4.79 Å². The lowest BCUT2D eigenvalue weighted by molar-refractivity contribution is -0.141. The van der Waals surface area contributed by atoms with Crippen LogP contribution < -0.4 is 10.6 Å². The second-order valence-electron chi connectivity index (χ2n) is 4.53. The minimum Gasteiger partial charge on any atom is -0.481 e. The molecule has 0 aromatic carbocycles. The van der Waals surface area contributed by atoms with Crippen molar-refractivity contribution in [1.29, 1.82) is 0 Å². The monoisotopic (exact) mass is 289 g/mol. The van der Waals surface area contributed by atoms with Gasteiger partial charge in [-0.2, -0.15) is 11.8 Å². The van der Waals surface area contributed by atoms with Crippen molar-refractivity contribution in [3.63, 3.8) is 0 Å². The van der Waals surface area contributed by atoms with Crippen LogP contribution >= 0.6 is 11.8 Å². The highest BCUT2D eigenvalue weighted by molar-refractivity contribution is 7.99. The predicted octanol–water partition coefficient (Wildman–Crippen LogP) is 0.445. The second kappa shape index (κ2) is 9.03. The molecule has 0 bridgehead atoms. The Bertz CT molecular complexity index is 296. The SMILES string of the molecule is CCC(CNC(=O)NCCN1CCSCC1)C(=O)O. The zero-order valence-electron chi connectivity index (χ0n) is 11.4. The first-order valence-electron chi connectivity index (χ1n) is 6.68. The number of aliphatic carboxylic acids is 1. The molecule has 0 aliphatic carbocycles. The number of nitrogens with one attached hydrogen (secondary N) is 2. The minimum absolute atomic E-state index is 0.179.